The number of ether oxygens (including phenoxy) is 2. The number of anilines is 1. The van der Waals surface area contributed by atoms with Crippen LogP contribution in [0, 0.1) is 0 Å². The Labute approximate surface area is 284 Å². The molecular formula is C35H28F3N5O6S. The van der Waals surface area contributed by atoms with Gasteiger partial charge in [0.1, 0.15) is 11.8 Å². The van der Waals surface area contributed by atoms with Crippen LogP contribution in [0.2, 0.25) is 0 Å². The van der Waals surface area contributed by atoms with Gasteiger partial charge in [0.15, 0.2) is 5.82 Å². The highest BCUT2D eigenvalue weighted by Gasteiger charge is 2.31. The Hall–Kier alpha value is -6.06. The van der Waals surface area contributed by atoms with Crippen molar-refractivity contribution in [3.05, 3.63) is 132 Å². The van der Waals surface area contributed by atoms with E-state index in [-0.39, 0.29) is 28.8 Å². The molecule has 1 unspecified atom stereocenters. The van der Waals surface area contributed by atoms with Crippen molar-refractivity contribution in [1.82, 2.24) is 14.7 Å². The Morgan fingerprint density at radius 3 is 2.26 bits per heavy atom. The minimum absolute atomic E-state index is 0.116. The molecule has 2 amide bonds. The number of nitrogens with one attached hydrogen (secondary N) is 2. The Kier molecular flexibility index (Phi) is 10.3. The molecular weight excluding hydrogens is 675 g/mol. The van der Waals surface area contributed by atoms with Crippen LogP contribution in [0.15, 0.2) is 115 Å². The number of carbonyl (C=O) groups excluding carboxylic acids is 2. The maximum Gasteiger partial charge on any atom is 0.416 e. The number of nitrogens with two attached hydrogens (primary N) is 1. The number of carbonyl (C=O) groups is 2. The van der Waals surface area contributed by atoms with Gasteiger partial charge in [0.05, 0.1) is 23.6 Å². The van der Waals surface area contributed by atoms with E-state index in [4.69, 9.17) is 15.2 Å². The van der Waals surface area contributed by atoms with E-state index in [1.54, 1.807) is 24.3 Å². The predicted octanol–water partition coefficient (Wildman–Crippen LogP) is 6.36. The lowest BCUT2D eigenvalue weighted by Gasteiger charge is -2.16. The average molecular weight is 704 g/mol. The first-order valence-corrected chi connectivity index (χ1v) is 16.1. The minimum atomic E-state index is -4.66. The van der Waals surface area contributed by atoms with Gasteiger partial charge in [-0.2, -0.15) is 23.1 Å². The van der Waals surface area contributed by atoms with E-state index in [0.29, 0.717) is 29.1 Å². The van der Waals surface area contributed by atoms with Gasteiger partial charge < -0.3 is 20.5 Å². The quantitative estimate of drug-likeness (QED) is 0.142. The summed E-state index contributed by atoms with van der Waals surface area (Å²) >= 11 is 0. The van der Waals surface area contributed by atoms with Crippen LogP contribution >= 0.6 is 0 Å². The number of sulfonamides is 1. The van der Waals surface area contributed by atoms with Gasteiger partial charge in [-0.15, -0.1) is 0 Å². The zero-order valence-corrected chi connectivity index (χ0v) is 27.0. The summed E-state index contributed by atoms with van der Waals surface area (Å²) in [6.45, 7) is 3.81. The van der Waals surface area contributed by atoms with Crippen molar-refractivity contribution in [2.75, 3.05) is 12.4 Å². The summed E-state index contributed by atoms with van der Waals surface area (Å²) in [4.78, 5) is 34.3. The van der Waals surface area contributed by atoms with E-state index in [2.05, 4.69) is 21.9 Å². The molecule has 0 aliphatic heterocycles. The second kappa shape index (κ2) is 14.6. The second-order valence-electron chi connectivity index (χ2n) is 10.5. The molecule has 5 aromatic rings. The van der Waals surface area contributed by atoms with Gasteiger partial charge in [-0.3, -0.25) is 9.59 Å². The molecule has 0 radical (unpaired) electrons. The molecule has 11 nitrogen and oxygen atoms in total. The fourth-order valence-electron chi connectivity index (χ4n) is 4.56. The summed E-state index contributed by atoms with van der Waals surface area (Å²) < 4.78 is 77.1. The summed E-state index contributed by atoms with van der Waals surface area (Å²) in [5, 5.41) is 2.59. The average Bonchev–Trinajstić information content (AvgIpc) is 3.11. The zero-order valence-electron chi connectivity index (χ0n) is 26.1. The van der Waals surface area contributed by atoms with E-state index in [0.717, 1.165) is 17.7 Å². The first-order valence-electron chi connectivity index (χ1n) is 14.6. The molecule has 0 spiro atoms. The molecule has 0 aliphatic carbocycles. The molecule has 0 saturated carbocycles. The van der Waals surface area contributed by atoms with Crippen LogP contribution in [0.1, 0.15) is 33.1 Å². The fraction of sp³-hybridized carbons (Fsp3) is 0.0857. The fourth-order valence-corrected chi connectivity index (χ4v) is 5.54. The Morgan fingerprint density at radius 2 is 1.60 bits per heavy atom. The van der Waals surface area contributed by atoms with E-state index in [1.807, 2.05) is 35.1 Å². The number of amides is 2. The summed E-state index contributed by atoms with van der Waals surface area (Å²) in [7, 11) is -3.06. The molecule has 256 valence electrons. The van der Waals surface area contributed by atoms with E-state index >= 15 is 0 Å². The lowest BCUT2D eigenvalue weighted by Crippen LogP contribution is -2.31. The van der Waals surface area contributed by atoms with Crippen LogP contribution < -0.4 is 25.2 Å². The Balaban J connectivity index is 1.30. The highest BCUT2D eigenvalue weighted by molar-refractivity contribution is 7.90. The first kappa shape index (κ1) is 35.3. The van der Waals surface area contributed by atoms with Crippen molar-refractivity contribution in [3.8, 4) is 28.9 Å². The SMILES string of the molecule is C=Cc1ccc(C(N)C(=O)Nc2cccc(C(=O)NS(=O)(=O)c3ccc(C(F)(F)F)cc3)c2)cc1Oc1cc(OC)nc(-c2ccccc2)n1. The van der Waals surface area contributed by atoms with Crippen molar-refractivity contribution in [1.29, 1.82) is 0 Å². The monoisotopic (exact) mass is 703 g/mol. The van der Waals surface area contributed by atoms with Crippen molar-refractivity contribution in [2.24, 2.45) is 5.73 Å². The second-order valence-corrected chi connectivity index (χ2v) is 12.2. The summed E-state index contributed by atoms with van der Waals surface area (Å²) in [5.41, 5.74) is 6.87. The van der Waals surface area contributed by atoms with Crippen LogP contribution in [-0.2, 0) is 21.0 Å². The van der Waals surface area contributed by atoms with Crippen LogP contribution in [0.5, 0.6) is 17.5 Å². The van der Waals surface area contributed by atoms with Gasteiger partial charge in [0.2, 0.25) is 17.7 Å². The molecule has 0 aliphatic rings. The number of nitrogens with zero attached hydrogens (tertiary/aromatic N) is 2. The van der Waals surface area contributed by atoms with Gasteiger partial charge in [-0.1, -0.05) is 61.2 Å². The maximum absolute atomic E-state index is 13.2. The highest BCUT2D eigenvalue weighted by Crippen LogP contribution is 2.32. The van der Waals surface area contributed by atoms with Crippen molar-refractivity contribution < 1.29 is 40.7 Å². The number of rotatable bonds is 11. The number of benzene rings is 4. The van der Waals surface area contributed by atoms with Crippen LogP contribution in [0.25, 0.3) is 17.5 Å². The van der Waals surface area contributed by atoms with Crippen LogP contribution in [0.3, 0.4) is 0 Å². The van der Waals surface area contributed by atoms with E-state index < -0.39 is 44.5 Å². The van der Waals surface area contributed by atoms with Gasteiger partial charge in [0, 0.05) is 22.4 Å². The number of hydrogen-bond donors (Lipinski definition) is 3. The van der Waals surface area contributed by atoms with Crippen molar-refractivity contribution in [3.63, 3.8) is 0 Å². The third kappa shape index (κ3) is 8.32. The van der Waals surface area contributed by atoms with E-state index in [1.165, 1.54) is 37.4 Å². The molecule has 0 saturated heterocycles. The van der Waals surface area contributed by atoms with E-state index in [9.17, 15) is 31.2 Å². The predicted molar refractivity (Wildman–Crippen MR) is 179 cm³/mol. The molecule has 1 atom stereocenters. The van der Waals surface area contributed by atoms with Crippen LogP contribution in [-0.4, -0.2) is 37.3 Å². The maximum atomic E-state index is 13.2. The Bertz CT molecular complexity index is 2160. The number of methoxy groups -OCH3 is 1. The third-order valence-electron chi connectivity index (χ3n) is 7.15. The van der Waals surface area contributed by atoms with Crippen LogP contribution in [0.4, 0.5) is 18.9 Å². The molecule has 50 heavy (non-hydrogen) atoms. The molecule has 15 heteroatoms. The lowest BCUT2D eigenvalue weighted by molar-refractivity contribution is -0.137. The van der Waals surface area contributed by atoms with Gasteiger partial charge in [-0.25, -0.2) is 13.1 Å². The molecule has 0 fully saturated rings. The third-order valence-corrected chi connectivity index (χ3v) is 8.49. The lowest BCUT2D eigenvalue weighted by atomic mass is 10.0. The van der Waals surface area contributed by atoms with Gasteiger partial charge in [-0.05, 0) is 54.1 Å². The number of halogens is 3. The summed E-state index contributed by atoms with van der Waals surface area (Å²) in [6.07, 6.45) is -3.11. The standard InChI is InChI=1S/C35H28F3N5O6S/c1-3-21-12-13-23(19-28(21)49-30-20-29(48-2)41-32(42-30)22-8-5-4-6-9-22)31(39)34(45)40-26-11-7-10-24(18-26)33(44)43-50(46,47)27-16-14-25(15-17-27)35(36,37)38/h3-20,31H,1,39H2,2H3,(H,40,45)(H,43,44). The van der Waals surface area contributed by atoms with Crippen molar-refractivity contribution >= 4 is 33.6 Å². The normalized spacial score (nSPS) is 12.0. The molecule has 1 aromatic heterocycles. The summed E-state index contributed by atoms with van der Waals surface area (Å²) in [6, 6.07) is 22.3. The number of alkyl halides is 3. The topological polar surface area (TPSA) is 163 Å². The number of hydrogen-bond acceptors (Lipinski definition) is 9. The highest BCUT2D eigenvalue weighted by atomic mass is 32.2. The zero-order chi connectivity index (χ0) is 36.1. The number of aromatic nitrogens is 2. The molecule has 1 heterocycles. The summed E-state index contributed by atoms with van der Waals surface area (Å²) in [5.74, 6) is -0.691. The van der Waals surface area contributed by atoms with Crippen molar-refractivity contribution in [2.45, 2.75) is 17.1 Å². The first-order chi connectivity index (χ1) is 23.8. The molecule has 4 N–H and O–H groups in total. The molecule has 0 bridgehead atoms. The molecule has 4 aromatic carbocycles. The smallest absolute Gasteiger partial charge is 0.416 e. The largest absolute Gasteiger partial charge is 0.481 e. The van der Waals surface area contributed by atoms with Gasteiger partial charge in [0.25, 0.3) is 15.9 Å². The van der Waals surface area contributed by atoms with Gasteiger partial charge >= 0.3 is 6.18 Å². The minimum Gasteiger partial charge on any atom is -0.481 e. The molecule has 5 rings (SSSR count). The Morgan fingerprint density at radius 1 is 0.900 bits per heavy atom.